The van der Waals surface area contributed by atoms with E-state index < -0.39 is 0 Å². The van der Waals surface area contributed by atoms with Gasteiger partial charge in [0.2, 0.25) is 6.71 Å². The molecule has 5 heterocycles. The molecular weight excluding hydrogens is 611 g/mol. The van der Waals surface area contributed by atoms with Gasteiger partial charge in [0.25, 0.3) is 0 Å². The second-order valence-corrected chi connectivity index (χ2v) is 16.0. The molecule has 0 saturated heterocycles. The Morgan fingerprint density at radius 2 is 0.870 bits per heavy atom. The molecule has 7 aromatic carbocycles. The number of rotatable bonds is 1. The van der Waals surface area contributed by atoms with Gasteiger partial charge in [0.05, 0.1) is 0 Å². The summed E-state index contributed by atoms with van der Waals surface area (Å²) in [5.41, 5.74) is 12.4. The Labute approximate surface area is 276 Å². The molecule has 0 bridgehead atoms. The van der Waals surface area contributed by atoms with Crippen LogP contribution in [-0.4, -0.2) is 6.71 Å². The fraction of sp³-hybridized carbons (Fsp3) is 0. The number of fused-ring (bicyclic) bond motifs is 7. The molecule has 3 aromatic heterocycles. The van der Waals surface area contributed by atoms with Gasteiger partial charge in [-0.1, -0.05) is 95.3 Å². The first-order valence-corrected chi connectivity index (χ1v) is 18.2. The van der Waals surface area contributed by atoms with Gasteiger partial charge in [-0.3, -0.25) is 0 Å². The third-order valence-corrected chi connectivity index (χ3v) is 13.9. The van der Waals surface area contributed by atoms with Crippen LogP contribution in [0.5, 0.6) is 0 Å². The maximum atomic E-state index is 2.52. The zero-order valence-electron chi connectivity index (χ0n) is 24.4. The van der Waals surface area contributed by atoms with Crippen LogP contribution >= 0.6 is 34.0 Å². The molecule has 0 radical (unpaired) electrons. The molecular formula is C42H21BS3. The smallest absolute Gasteiger partial charge is 0.135 e. The monoisotopic (exact) mass is 632 g/mol. The van der Waals surface area contributed by atoms with Crippen LogP contribution in [0.4, 0.5) is 0 Å². The minimum absolute atomic E-state index is 0.145. The van der Waals surface area contributed by atoms with Gasteiger partial charge < -0.3 is 0 Å². The summed E-state index contributed by atoms with van der Waals surface area (Å²) < 4.78 is 8.21. The van der Waals surface area contributed by atoms with Gasteiger partial charge in [-0.25, -0.2) is 0 Å². The molecule has 0 unspecified atom stereocenters. The van der Waals surface area contributed by atoms with E-state index in [2.05, 4.69) is 127 Å². The molecule has 12 rings (SSSR count). The lowest BCUT2D eigenvalue weighted by molar-refractivity contribution is 1.65. The van der Waals surface area contributed by atoms with Crippen molar-refractivity contribution in [1.29, 1.82) is 0 Å². The van der Waals surface area contributed by atoms with Crippen LogP contribution in [0.15, 0.2) is 127 Å². The first kappa shape index (κ1) is 24.5. The van der Waals surface area contributed by atoms with Crippen molar-refractivity contribution in [2.75, 3.05) is 0 Å². The van der Waals surface area contributed by atoms with Crippen molar-refractivity contribution in [2.24, 2.45) is 0 Å². The first-order valence-electron chi connectivity index (χ1n) is 15.8. The normalized spacial score (nSPS) is 13.2. The van der Waals surface area contributed by atoms with E-state index in [1.165, 1.54) is 110 Å². The number of thiophene rings is 3. The van der Waals surface area contributed by atoms with Crippen LogP contribution in [0.2, 0.25) is 0 Å². The summed E-state index contributed by atoms with van der Waals surface area (Å²) in [5.74, 6) is 0. The Hall–Kier alpha value is -4.74. The molecule has 0 atom stereocenters. The third kappa shape index (κ3) is 2.96. The summed E-state index contributed by atoms with van der Waals surface area (Å²) in [7, 11) is 0. The minimum atomic E-state index is 0.145. The Balaban J connectivity index is 1.28. The third-order valence-electron chi connectivity index (χ3n) is 10.5. The molecule has 4 heteroatoms. The largest absolute Gasteiger partial charge is 0.244 e. The van der Waals surface area contributed by atoms with Crippen LogP contribution in [-0.2, 0) is 0 Å². The Morgan fingerprint density at radius 1 is 0.348 bits per heavy atom. The van der Waals surface area contributed by atoms with Crippen molar-refractivity contribution in [2.45, 2.75) is 0 Å². The quantitative estimate of drug-likeness (QED) is 0.158. The van der Waals surface area contributed by atoms with Crippen molar-refractivity contribution in [1.82, 2.24) is 0 Å². The molecule has 2 aliphatic heterocycles. The van der Waals surface area contributed by atoms with E-state index in [0.29, 0.717) is 0 Å². The molecule has 0 amide bonds. The van der Waals surface area contributed by atoms with Crippen LogP contribution in [0.25, 0.3) is 93.9 Å². The highest BCUT2D eigenvalue weighted by Gasteiger charge is 2.37. The van der Waals surface area contributed by atoms with Crippen LogP contribution < -0.4 is 16.4 Å². The van der Waals surface area contributed by atoms with Gasteiger partial charge in [0.15, 0.2) is 0 Å². The predicted octanol–water partition coefficient (Wildman–Crippen LogP) is 10.9. The van der Waals surface area contributed by atoms with Gasteiger partial charge in [-0.15, -0.1) is 34.0 Å². The van der Waals surface area contributed by atoms with E-state index in [9.17, 15) is 0 Å². The lowest BCUT2D eigenvalue weighted by Crippen LogP contribution is -2.52. The highest BCUT2D eigenvalue weighted by atomic mass is 32.1. The molecule has 0 spiro atoms. The highest BCUT2D eigenvalue weighted by Crippen LogP contribution is 2.47. The Bertz CT molecular complexity index is 2850. The number of hydrogen-bond acceptors (Lipinski definition) is 3. The maximum absolute atomic E-state index is 2.52. The van der Waals surface area contributed by atoms with E-state index in [1.807, 2.05) is 34.0 Å². The summed E-state index contributed by atoms with van der Waals surface area (Å²) in [5, 5.41) is 8.41. The maximum Gasteiger partial charge on any atom is 0.244 e. The van der Waals surface area contributed by atoms with E-state index >= 15 is 0 Å². The van der Waals surface area contributed by atoms with Crippen molar-refractivity contribution in [3.8, 4) is 33.4 Å². The minimum Gasteiger partial charge on any atom is -0.135 e. The average molecular weight is 633 g/mol. The highest BCUT2D eigenvalue weighted by molar-refractivity contribution is 7.27. The zero-order chi connectivity index (χ0) is 29.7. The number of benzene rings is 7. The van der Waals surface area contributed by atoms with Crippen molar-refractivity contribution >= 4 is 118 Å². The molecule has 0 fully saturated rings. The standard InChI is InChI=1S/C42H21BS3/c1-2-12-32-24(7-1)25-18-17-22(21-37(25)44-32)23-19-28-26-8-3-13-33-38(26)40-30(10-5-15-35(40)45-33)43-31-11-6-16-36-41(31)39-27(29(20-23)42(28)43)9-4-14-34(39)46-36/h1-21H. The molecule has 0 aliphatic carbocycles. The van der Waals surface area contributed by atoms with E-state index in [1.54, 1.807) is 0 Å². The average Bonchev–Trinajstić information content (AvgIpc) is 3.74. The summed E-state index contributed by atoms with van der Waals surface area (Å²) >= 11 is 5.77. The van der Waals surface area contributed by atoms with Gasteiger partial charge in [-0.05, 0) is 92.7 Å². The van der Waals surface area contributed by atoms with Crippen LogP contribution in [0.1, 0.15) is 0 Å². The molecule has 2 aliphatic rings. The second-order valence-electron chi connectivity index (χ2n) is 12.7. The summed E-state index contributed by atoms with van der Waals surface area (Å²) in [4.78, 5) is 0. The van der Waals surface area contributed by atoms with Gasteiger partial charge >= 0.3 is 0 Å². The Kier molecular flexibility index (Phi) is 4.55. The molecule has 0 nitrogen and oxygen atoms in total. The predicted molar refractivity (Wildman–Crippen MR) is 206 cm³/mol. The van der Waals surface area contributed by atoms with Crippen molar-refractivity contribution in [3.05, 3.63) is 127 Å². The van der Waals surface area contributed by atoms with Gasteiger partial charge in [0.1, 0.15) is 0 Å². The topological polar surface area (TPSA) is 0 Å². The Morgan fingerprint density at radius 3 is 1.52 bits per heavy atom. The van der Waals surface area contributed by atoms with Gasteiger partial charge in [0, 0.05) is 49.7 Å². The van der Waals surface area contributed by atoms with Crippen molar-refractivity contribution in [3.63, 3.8) is 0 Å². The SMILES string of the molecule is c1ccc2c(c1)sc1cc(-c3cc4c5c(c3)-c3cccc6sc7cccc(c7c36)B5c3cccc5sc6cccc-4c6c35)ccc12. The van der Waals surface area contributed by atoms with Crippen LogP contribution in [0, 0.1) is 0 Å². The lowest BCUT2D eigenvalue weighted by atomic mass is 9.35. The number of hydrogen-bond donors (Lipinski definition) is 0. The van der Waals surface area contributed by atoms with E-state index in [0.717, 1.165) is 0 Å². The second kappa shape index (κ2) is 8.54. The van der Waals surface area contributed by atoms with Crippen molar-refractivity contribution < 1.29 is 0 Å². The zero-order valence-corrected chi connectivity index (χ0v) is 26.9. The summed E-state index contributed by atoms with van der Waals surface area (Å²) in [6, 6.07) is 48.9. The summed E-state index contributed by atoms with van der Waals surface area (Å²) in [6.45, 7) is 0.145. The lowest BCUT2D eigenvalue weighted by Gasteiger charge is -2.22. The van der Waals surface area contributed by atoms with E-state index in [4.69, 9.17) is 0 Å². The molecule has 0 N–H and O–H groups in total. The first-order chi connectivity index (χ1) is 22.8. The van der Waals surface area contributed by atoms with Crippen LogP contribution in [0.3, 0.4) is 0 Å². The summed E-state index contributed by atoms with van der Waals surface area (Å²) in [6.07, 6.45) is 0. The molecule has 46 heavy (non-hydrogen) atoms. The van der Waals surface area contributed by atoms with E-state index in [-0.39, 0.29) is 6.71 Å². The fourth-order valence-corrected chi connectivity index (χ4v) is 12.2. The molecule has 0 saturated carbocycles. The van der Waals surface area contributed by atoms with Gasteiger partial charge in [-0.2, -0.15) is 0 Å². The molecule has 10 aromatic rings. The molecule has 210 valence electrons. The fourth-order valence-electron chi connectivity index (χ4n) is 8.68.